The third-order valence-corrected chi connectivity index (χ3v) is 4.82. The molecule has 0 radical (unpaired) electrons. The number of fused-ring (bicyclic) bond motifs is 1. The zero-order valence-corrected chi connectivity index (χ0v) is 16.0. The molecular weight excluding hydrogens is 338 g/mol. The van der Waals surface area contributed by atoms with Gasteiger partial charge in [-0.3, -0.25) is 4.79 Å². The standard InChI is InChI=1S/C23H27NO3/c1-3-4-5-7-10-16(2)27-18-13-14-19-20(15-18)24-23(26)21(22(19)25)17-11-8-6-9-12-17/h6,8-9,11-16H,3-5,7,10H2,1-2H3,(H2,24,25,26). The molecule has 4 heteroatoms. The van der Waals surface area contributed by atoms with Crippen LogP contribution < -0.4 is 10.3 Å². The Bertz CT molecular complexity index is 947. The normalized spacial score (nSPS) is 12.2. The lowest BCUT2D eigenvalue weighted by molar-refractivity contribution is 0.206. The fraction of sp³-hybridized carbons (Fsp3) is 0.348. The summed E-state index contributed by atoms with van der Waals surface area (Å²) in [5.41, 5.74) is 1.25. The highest BCUT2D eigenvalue weighted by atomic mass is 16.5. The van der Waals surface area contributed by atoms with Crippen LogP contribution in [0.1, 0.15) is 46.0 Å². The van der Waals surface area contributed by atoms with Crippen LogP contribution in [0.3, 0.4) is 0 Å². The maximum atomic E-state index is 12.5. The van der Waals surface area contributed by atoms with Crippen LogP contribution in [0.15, 0.2) is 53.3 Å². The summed E-state index contributed by atoms with van der Waals surface area (Å²) in [6.07, 6.45) is 5.98. The van der Waals surface area contributed by atoms with E-state index in [0.29, 0.717) is 27.8 Å². The Morgan fingerprint density at radius 3 is 2.59 bits per heavy atom. The quantitative estimate of drug-likeness (QED) is 0.508. The van der Waals surface area contributed by atoms with Crippen LogP contribution in [0.5, 0.6) is 11.5 Å². The van der Waals surface area contributed by atoms with E-state index in [1.54, 1.807) is 12.1 Å². The summed E-state index contributed by atoms with van der Waals surface area (Å²) in [6, 6.07) is 14.6. The van der Waals surface area contributed by atoms with Crippen molar-refractivity contribution in [2.75, 3.05) is 0 Å². The molecular formula is C23H27NO3. The van der Waals surface area contributed by atoms with Crippen LogP contribution in [0, 0.1) is 0 Å². The first-order valence-electron chi connectivity index (χ1n) is 9.71. The number of nitrogens with one attached hydrogen (secondary N) is 1. The molecule has 27 heavy (non-hydrogen) atoms. The molecule has 3 rings (SSSR count). The molecule has 142 valence electrons. The third kappa shape index (κ3) is 4.51. The fourth-order valence-corrected chi connectivity index (χ4v) is 3.36. The van der Waals surface area contributed by atoms with Gasteiger partial charge in [0.05, 0.1) is 17.2 Å². The smallest absolute Gasteiger partial charge is 0.260 e. The number of aromatic amines is 1. The second-order valence-corrected chi connectivity index (χ2v) is 7.03. The van der Waals surface area contributed by atoms with Crippen molar-refractivity contribution in [3.8, 4) is 22.6 Å². The molecule has 1 unspecified atom stereocenters. The highest BCUT2D eigenvalue weighted by Crippen LogP contribution is 2.33. The van der Waals surface area contributed by atoms with Crippen molar-refractivity contribution in [3.05, 3.63) is 58.9 Å². The minimum atomic E-state index is -0.309. The van der Waals surface area contributed by atoms with E-state index >= 15 is 0 Å². The Morgan fingerprint density at radius 1 is 1.07 bits per heavy atom. The number of aromatic nitrogens is 1. The van der Waals surface area contributed by atoms with E-state index in [9.17, 15) is 9.90 Å². The first-order valence-corrected chi connectivity index (χ1v) is 9.71. The van der Waals surface area contributed by atoms with Crippen molar-refractivity contribution in [1.29, 1.82) is 0 Å². The number of rotatable bonds is 8. The Balaban J connectivity index is 1.83. The molecule has 4 nitrogen and oxygen atoms in total. The predicted octanol–water partition coefficient (Wildman–Crippen LogP) is 5.64. The molecule has 1 heterocycles. The summed E-state index contributed by atoms with van der Waals surface area (Å²) in [5.74, 6) is 0.701. The van der Waals surface area contributed by atoms with Crippen molar-refractivity contribution in [1.82, 2.24) is 4.98 Å². The van der Waals surface area contributed by atoms with Gasteiger partial charge in [0.25, 0.3) is 5.56 Å². The number of pyridine rings is 1. The number of hydrogen-bond donors (Lipinski definition) is 2. The topological polar surface area (TPSA) is 62.3 Å². The molecule has 0 aliphatic rings. The number of hydrogen-bond acceptors (Lipinski definition) is 3. The second kappa shape index (κ2) is 8.76. The van der Waals surface area contributed by atoms with Gasteiger partial charge >= 0.3 is 0 Å². The minimum absolute atomic E-state index is 0.000820. The fourth-order valence-electron chi connectivity index (χ4n) is 3.36. The monoisotopic (exact) mass is 365 g/mol. The van der Waals surface area contributed by atoms with Crippen LogP contribution in [-0.4, -0.2) is 16.2 Å². The molecule has 0 aliphatic heterocycles. The second-order valence-electron chi connectivity index (χ2n) is 7.03. The molecule has 0 spiro atoms. The first-order chi connectivity index (χ1) is 13.1. The zero-order chi connectivity index (χ0) is 19.2. The summed E-state index contributed by atoms with van der Waals surface area (Å²) in [6.45, 7) is 4.27. The maximum Gasteiger partial charge on any atom is 0.260 e. The van der Waals surface area contributed by atoms with Gasteiger partial charge in [0, 0.05) is 11.5 Å². The Kier molecular flexibility index (Phi) is 6.17. The molecule has 2 N–H and O–H groups in total. The van der Waals surface area contributed by atoms with Crippen LogP contribution in [0.4, 0.5) is 0 Å². The van der Waals surface area contributed by atoms with Crippen molar-refractivity contribution >= 4 is 10.9 Å². The number of ether oxygens (including phenoxy) is 1. The summed E-state index contributed by atoms with van der Waals surface area (Å²) >= 11 is 0. The Labute approximate surface area is 159 Å². The highest BCUT2D eigenvalue weighted by molar-refractivity contribution is 5.92. The minimum Gasteiger partial charge on any atom is -0.506 e. The first kappa shape index (κ1) is 19.0. The average Bonchev–Trinajstić information content (AvgIpc) is 2.66. The molecule has 0 aliphatic carbocycles. The van der Waals surface area contributed by atoms with E-state index in [0.717, 1.165) is 12.8 Å². The summed E-state index contributed by atoms with van der Waals surface area (Å²) < 4.78 is 5.99. The Morgan fingerprint density at radius 2 is 1.85 bits per heavy atom. The van der Waals surface area contributed by atoms with Crippen LogP contribution in [0.2, 0.25) is 0 Å². The van der Waals surface area contributed by atoms with E-state index < -0.39 is 0 Å². The van der Waals surface area contributed by atoms with E-state index in [1.807, 2.05) is 36.4 Å². The van der Waals surface area contributed by atoms with Crippen molar-refractivity contribution in [2.45, 2.75) is 52.1 Å². The largest absolute Gasteiger partial charge is 0.506 e. The number of aromatic hydroxyl groups is 1. The lowest BCUT2D eigenvalue weighted by atomic mass is 10.0. The van der Waals surface area contributed by atoms with Gasteiger partial charge in [-0.1, -0.05) is 56.5 Å². The van der Waals surface area contributed by atoms with Crippen molar-refractivity contribution < 1.29 is 9.84 Å². The van der Waals surface area contributed by atoms with Crippen LogP contribution in [0.25, 0.3) is 22.0 Å². The van der Waals surface area contributed by atoms with Crippen molar-refractivity contribution in [2.24, 2.45) is 0 Å². The molecule has 0 bridgehead atoms. The summed E-state index contributed by atoms with van der Waals surface area (Å²) in [4.78, 5) is 15.4. The van der Waals surface area contributed by atoms with Crippen LogP contribution >= 0.6 is 0 Å². The lowest BCUT2D eigenvalue weighted by Crippen LogP contribution is -2.12. The molecule has 1 atom stereocenters. The molecule has 0 amide bonds. The zero-order valence-electron chi connectivity index (χ0n) is 16.0. The van der Waals surface area contributed by atoms with E-state index in [4.69, 9.17) is 4.74 Å². The number of benzene rings is 2. The van der Waals surface area contributed by atoms with Gasteiger partial charge in [0.1, 0.15) is 11.5 Å². The van der Waals surface area contributed by atoms with Gasteiger partial charge in [0.15, 0.2) is 0 Å². The Hall–Kier alpha value is -2.75. The van der Waals surface area contributed by atoms with Gasteiger partial charge in [-0.05, 0) is 37.5 Å². The molecule has 3 aromatic rings. The van der Waals surface area contributed by atoms with E-state index in [1.165, 1.54) is 19.3 Å². The van der Waals surface area contributed by atoms with E-state index in [-0.39, 0.29) is 17.4 Å². The molecule has 1 aromatic heterocycles. The molecule has 0 saturated carbocycles. The SMILES string of the molecule is CCCCCCC(C)Oc1ccc2c(O)c(-c3ccccc3)c(=O)[nH]c2c1. The van der Waals surface area contributed by atoms with Crippen molar-refractivity contribution in [3.63, 3.8) is 0 Å². The van der Waals surface area contributed by atoms with Crippen LogP contribution in [-0.2, 0) is 0 Å². The lowest BCUT2D eigenvalue weighted by Gasteiger charge is -2.15. The summed E-state index contributed by atoms with van der Waals surface area (Å²) in [5, 5.41) is 11.3. The van der Waals surface area contributed by atoms with Gasteiger partial charge in [-0.2, -0.15) is 0 Å². The predicted molar refractivity (Wildman–Crippen MR) is 111 cm³/mol. The maximum absolute atomic E-state index is 12.5. The van der Waals surface area contributed by atoms with Gasteiger partial charge < -0.3 is 14.8 Å². The van der Waals surface area contributed by atoms with Gasteiger partial charge in [-0.25, -0.2) is 0 Å². The highest BCUT2D eigenvalue weighted by Gasteiger charge is 2.14. The summed E-state index contributed by atoms with van der Waals surface area (Å²) in [7, 11) is 0. The number of unbranched alkanes of at least 4 members (excludes halogenated alkanes) is 3. The van der Waals surface area contributed by atoms with E-state index in [2.05, 4.69) is 18.8 Å². The van der Waals surface area contributed by atoms with Gasteiger partial charge in [-0.15, -0.1) is 0 Å². The molecule has 2 aromatic carbocycles. The molecule has 0 fully saturated rings. The average molecular weight is 365 g/mol. The van der Waals surface area contributed by atoms with Gasteiger partial charge in [0.2, 0.25) is 0 Å². The third-order valence-electron chi connectivity index (χ3n) is 4.82. The molecule has 0 saturated heterocycles. The number of H-pyrrole nitrogens is 1.